The van der Waals surface area contributed by atoms with Gasteiger partial charge in [-0.1, -0.05) is 32.9 Å². The lowest BCUT2D eigenvalue weighted by atomic mass is 9.91. The van der Waals surface area contributed by atoms with Crippen molar-refractivity contribution in [2.45, 2.75) is 34.6 Å². The molecule has 0 radical (unpaired) electrons. The number of benzene rings is 1. The van der Waals surface area contributed by atoms with Crippen LogP contribution in [0.25, 0.3) is 0 Å². The highest BCUT2D eigenvalue weighted by Gasteiger charge is 2.17. The van der Waals surface area contributed by atoms with Gasteiger partial charge in [-0.2, -0.15) is 0 Å². The van der Waals surface area contributed by atoms with E-state index in [4.69, 9.17) is 0 Å². The molecule has 0 saturated heterocycles. The number of carbonyl (C=O) groups is 1. The summed E-state index contributed by atoms with van der Waals surface area (Å²) in [6.45, 7) is 9.88. The van der Waals surface area contributed by atoms with Crippen LogP contribution >= 0.6 is 0 Å². The zero-order valence-electron chi connectivity index (χ0n) is 11.3. The fourth-order valence-electron chi connectivity index (χ4n) is 1.36. The van der Waals surface area contributed by atoms with Gasteiger partial charge in [0.25, 0.3) is 0 Å². The van der Waals surface area contributed by atoms with Crippen LogP contribution in [0.1, 0.15) is 31.9 Å². The minimum absolute atomic E-state index is 0.121. The van der Waals surface area contributed by atoms with Gasteiger partial charge in [0.1, 0.15) is 0 Å². The van der Waals surface area contributed by atoms with Crippen LogP contribution in [0.5, 0.6) is 0 Å². The molecule has 0 fully saturated rings. The average molecular weight is 231 g/mol. The minimum Gasteiger partial charge on any atom is -0.361 e. The second kappa shape index (κ2) is 5.17. The molecule has 0 heterocycles. The molecular formula is C15H21NO. The zero-order chi connectivity index (χ0) is 13.1. The van der Waals surface area contributed by atoms with Crippen LogP contribution in [0.3, 0.4) is 0 Å². The predicted molar refractivity (Wildman–Crippen MR) is 73.1 cm³/mol. The normalized spacial score (nSPS) is 11.8. The first-order valence-electron chi connectivity index (χ1n) is 5.86. The summed E-state index contributed by atoms with van der Waals surface area (Å²) in [6, 6.07) is 6.09. The fraction of sp³-hybridized carbons (Fsp3) is 0.400. The van der Waals surface area contributed by atoms with Crippen molar-refractivity contribution in [2.24, 2.45) is 5.41 Å². The van der Waals surface area contributed by atoms with Gasteiger partial charge < -0.3 is 5.32 Å². The highest BCUT2D eigenvalue weighted by atomic mass is 16.1. The van der Waals surface area contributed by atoms with Crippen LogP contribution < -0.4 is 5.32 Å². The Morgan fingerprint density at radius 1 is 1.24 bits per heavy atom. The molecule has 2 nitrogen and oxygen atoms in total. The third-order valence-corrected chi connectivity index (χ3v) is 2.82. The lowest BCUT2D eigenvalue weighted by molar-refractivity contribution is -0.121. The van der Waals surface area contributed by atoms with E-state index in [0.29, 0.717) is 0 Å². The number of hydrogen-bond donors (Lipinski definition) is 1. The molecule has 0 bridgehead atoms. The van der Waals surface area contributed by atoms with Gasteiger partial charge >= 0.3 is 0 Å². The van der Waals surface area contributed by atoms with Gasteiger partial charge in [-0.05, 0) is 37.1 Å². The first kappa shape index (κ1) is 13.5. The average Bonchev–Trinajstić information content (AvgIpc) is 2.22. The summed E-state index contributed by atoms with van der Waals surface area (Å²) in [4.78, 5) is 11.7. The van der Waals surface area contributed by atoms with Gasteiger partial charge in [-0.25, -0.2) is 0 Å². The molecule has 17 heavy (non-hydrogen) atoms. The molecule has 0 aliphatic carbocycles. The molecule has 1 rings (SSSR count). The highest BCUT2D eigenvalue weighted by Crippen LogP contribution is 2.18. The van der Waals surface area contributed by atoms with Crippen LogP contribution in [-0.2, 0) is 4.79 Å². The van der Waals surface area contributed by atoms with E-state index in [2.05, 4.69) is 25.2 Å². The number of nitrogens with one attached hydrogen (secondary N) is 1. The van der Waals surface area contributed by atoms with Crippen LogP contribution in [0, 0.1) is 19.3 Å². The van der Waals surface area contributed by atoms with E-state index >= 15 is 0 Å². The topological polar surface area (TPSA) is 29.1 Å². The second-order valence-corrected chi connectivity index (χ2v) is 5.34. The first-order chi connectivity index (χ1) is 7.82. The van der Waals surface area contributed by atoms with E-state index in [-0.39, 0.29) is 11.2 Å². The largest absolute Gasteiger partial charge is 0.361 e. The molecule has 1 N–H and O–H groups in total. The highest BCUT2D eigenvalue weighted by molar-refractivity contribution is 5.94. The summed E-state index contributed by atoms with van der Waals surface area (Å²) in [7, 11) is 0. The van der Waals surface area contributed by atoms with Crippen molar-refractivity contribution in [3.05, 3.63) is 41.6 Å². The van der Waals surface area contributed by atoms with Crippen LogP contribution in [-0.4, -0.2) is 5.78 Å². The van der Waals surface area contributed by atoms with Crippen molar-refractivity contribution in [3.8, 4) is 0 Å². The molecule has 0 saturated carbocycles. The van der Waals surface area contributed by atoms with Crippen LogP contribution in [0.2, 0.25) is 0 Å². The molecule has 0 amide bonds. The zero-order valence-corrected chi connectivity index (χ0v) is 11.3. The van der Waals surface area contributed by atoms with Crippen molar-refractivity contribution in [2.75, 3.05) is 5.32 Å². The Kier molecular flexibility index (Phi) is 4.11. The van der Waals surface area contributed by atoms with Crippen molar-refractivity contribution < 1.29 is 4.79 Å². The van der Waals surface area contributed by atoms with E-state index in [9.17, 15) is 4.79 Å². The van der Waals surface area contributed by atoms with E-state index in [1.807, 2.05) is 32.9 Å². The standard InChI is InChI=1S/C15H21NO/c1-11-7-6-8-13(12(11)2)16-10-9-14(17)15(3,4)5/h6-10,16H,1-5H3/b10-9+. The number of rotatable bonds is 3. The fourth-order valence-corrected chi connectivity index (χ4v) is 1.36. The predicted octanol–water partition coefficient (Wildman–Crippen LogP) is 3.84. The molecule has 0 atom stereocenters. The number of anilines is 1. The van der Waals surface area contributed by atoms with Crippen molar-refractivity contribution >= 4 is 11.5 Å². The maximum Gasteiger partial charge on any atom is 0.162 e. The Bertz CT molecular complexity index is 439. The summed E-state index contributed by atoms with van der Waals surface area (Å²) in [6.07, 6.45) is 3.32. The summed E-state index contributed by atoms with van der Waals surface area (Å²) < 4.78 is 0. The Labute approximate surface area is 104 Å². The Morgan fingerprint density at radius 2 is 1.88 bits per heavy atom. The van der Waals surface area contributed by atoms with E-state index in [1.165, 1.54) is 11.1 Å². The van der Waals surface area contributed by atoms with Gasteiger partial charge in [0.05, 0.1) is 0 Å². The van der Waals surface area contributed by atoms with Gasteiger partial charge in [0.15, 0.2) is 5.78 Å². The molecule has 0 aliphatic rings. The number of allylic oxidation sites excluding steroid dienone is 1. The lowest BCUT2D eigenvalue weighted by Crippen LogP contribution is -2.17. The summed E-state index contributed by atoms with van der Waals surface area (Å²) in [5.41, 5.74) is 3.17. The van der Waals surface area contributed by atoms with Gasteiger partial charge in [-0.15, -0.1) is 0 Å². The molecule has 92 valence electrons. The third kappa shape index (κ3) is 3.74. The third-order valence-electron chi connectivity index (χ3n) is 2.82. The molecule has 0 aromatic heterocycles. The SMILES string of the molecule is Cc1cccc(N/C=C/C(=O)C(C)(C)C)c1C. The molecule has 1 aromatic rings. The molecular weight excluding hydrogens is 210 g/mol. The number of aryl methyl sites for hydroxylation is 1. The number of ketones is 1. The molecule has 0 aliphatic heterocycles. The smallest absolute Gasteiger partial charge is 0.162 e. The maximum atomic E-state index is 11.7. The van der Waals surface area contributed by atoms with Gasteiger partial charge in [0, 0.05) is 17.3 Å². The second-order valence-electron chi connectivity index (χ2n) is 5.34. The first-order valence-corrected chi connectivity index (χ1v) is 5.86. The molecule has 1 aromatic carbocycles. The minimum atomic E-state index is -0.320. The molecule has 0 unspecified atom stereocenters. The monoisotopic (exact) mass is 231 g/mol. The molecule has 2 heteroatoms. The Hall–Kier alpha value is -1.57. The van der Waals surface area contributed by atoms with Gasteiger partial charge in [0.2, 0.25) is 0 Å². The molecule has 0 spiro atoms. The lowest BCUT2D eigenvalue weighted by Gasteiger charge is -2.13. The van der Waals surface area contributed by atoms with E-state index in [0.717, 1.165) is 5.69 Å². The Balaban J connectivity index is 2.72. The van der Waals surface area contributed by atoms with Crippen LogP contribution in [0.15, 0.2) is 30.5 Å². The van der Waals surface area contributed by atoms with Gasteiger partial charge in [-0.3, -0.25) is 4.79 Å². The number of hydrogen-bond acceptors (Lipinski definition) is 2. The number of carbonyl (C=O) groups excluding carboxylic acids is 1. The van der Waals surface area contributed by atoms with Crippen LogP contribution in [0.4, 0.5) is 5.69 Å². The maximum absolute atomic E-state index is 11.7. The van der Waals surface area contributed by atoms with Crippen molar-refractivity contribution in [1.29, 1.82) is 0 Å². The summed E-state index contributed by atoms with van der Waals surface area (Å²) >= 11 is 0. The van der Waals surface area contributed by atoms with Crippen molar-refractivity contribution in [1.82, 2.24) is 0 Å². The Morgan fingerprint density at radius 3 is 2.47 bits per heavy atom. The van der Waals surface area contributed by atoms with E-state index < -0.39 is 0 Å². The summed E-state index contributed by atoms with van der Waals surface area (Å²) in [5, 5.41) is 3.16. The van der Waals surface area contributed by atoms with E-state index in [1.54, 1.807) is 12.3 Å². The quantitative estimate of drug-likeness (QED) is 0.801. The summed E-state index contributed by atoms with van der Waals surface area (Å²) in [5.74, 6) is 0.121. The van der Waals surface area contributed by atoms with Crippen molar-refractivity contribution in [3.63, 3.8) is 0 Å².